The number of aryl methyl sites for hydroxylation is 1. The molecule has 6 nitrogen and oxygen atoms in total. The van der Waals surface area contributed by atoms with Crippen LogP contribution in [0.15, 0.2) is 52.2 Å². The largest absolute Gasteiger partial charge is 0.481 e. The molecule has 1 aromatic carbocycles. The molecular formula is C19H20N2O4. The van der Waals surface area contributed by atoms with Crippen LogP contribution in [-0.4, -0.2) is 27.7 Å². The predicted molar refractivity (Wildman–Crippen MR) is 92.0 cm³/mol. The summed E-state index contributed by atoms with van der Waals surface area (Å²) in [6.45, 7) is 3.62. The summed E-state index contributed by atoms with van der Waals surface area (Å²) >= 11 is 0. The van der Waals surface area contributed by atoms with Gasteiger partial charge in [0.2, 0.25) is 5.91 Å². The first-order chi connectivity index (χ1) is 12.0. The highest BCUT2D eigenvalue weighted by Crippen LogP contribution is 2.34. The zero-order valence-electron chi connectivity index (χ0n) is 14.2. The van der Waals surface area contributed by atoms with E-state index in [2.05, 4.69) is 5.10 Å². The van der Waals surface area contributed by atoms with Gasteiger partial charge >= 0.3 is 5.97 Å². The number of aliphatic carboxylic acids is 1. The molecule has 130 valence electrons. The Balaban J connectivity index is 1.91. The van der Waals surface area contributed by atoms with Gasteiger partial charge in [-0.15, -0.1) is 0 Å². The van der Waals surface area contributed by atoms with Gasteiger partial charge < -0.3 is 9.52 Å². The van der Waals surface area contributed by atoms with Crippen molar-refractivity contribution in [3.05, 3.63) is 59.5 Å². The Bertz CT molecular complexity index is 793. The molecule has 3 rings (SSSR count). The third-order valence-electron chi connectivity index (χ3n) is 4.29. The zero-order valence-corrected chi connectivity index (χ0v) is 14.2. The molecule has 0 fully saturated rings. The van der Waals surface area contributed by atoms with E-state index in [-0.39, 0.29) is 18.4 Å². The molecule has 1 aromatic heterocycles. The van der Waals surface area contributed by atoms with Gasteiger partial charge in [0.1, 0.15) is 11.8 Å². The molecule has 0 unspecified atom stereocenters. The fourth-order valence-corrected chi connectivity index (χ4v) is 2.91. The van der Waals surface area contributed by atoms with E-state index in [0.29, 0.717) is 12.2 Å². The summed E-state index contributed by atoms with van der Waals surface area (Å²) in [4.78, 5) is 23.7. The van der Waals surface area contributed by atoms with Crippen molar-refractivity contribution in [1.82, 2.24) is 5.01 Å². The molecule has 0 saturated carbocycles. The van der Waals surface area contributed by atoms with E-state index in [4.69, 9.17) is 9.52 Å². The van der Waals surface area contributed by atoms with Crippen LogP contribution in [-0.2, 0) is 9.59 Å². The van der Waals surface area contributed by atoms with E-state index < -0.39 is 11.9 Å². The third kappa shape index (κ3) is 3.63. The third-order valence-corrected chi connectivity index (χ3v) is 4.29. The monoisotopic (exact) mass is 340 g/mol. The number of hydrogen-bond acceptors (Lipinski definition) is 4. The highest BCUT2D eigenvalue weighted by Gasteiger charge is 2.37. The lowest BCUT2D eigenvalue weighted by Crippen LogP contribution is -2.32. The van der Waals surface area contributed by atoms with Crippen molar-refractivity contribution in [3.8, 4) is 0 Å². The first-order valence-electron chi connectivity index (χ1n) is 8.18. The number of carbonyl (C=O) groups is 2. The van der Waals surface area contributed by atoms with Crippen LogP contribution in [0.2, 0.25) is 0 Å². The second kappa shape index (κ2) is 6.93. The maximum atomic E-state index is 12.7. The van der Waals surface area contributed by atoms with E-state index in [9.17, 15) is 9.59 Å². The number of carbonyl (C=O) groups excluding carboxylic acids is 1. The van der Waals surface area contributed by atoms with E-state index in [0.717, 1.165) is 16.8 Å². The standard InChI is InChI=1S/C19H20N2O4/c1-12-5-7-14(8-6-12)15-11-16(17-4-3-9-25-17)21(20-15)19(24)13(2)10-18(22)23/h3-9,13,16H,10-11H2,1-2H3,(H,22,23)/t13-,16+/m1/s1. The molecule has 2 heterocycles. The van der Waals surface area contributed by atoms with Gasteiger partial charge in [-0.3, -0.25) is 9.59 Å². The SMILES string of the molecule is Cc1ccc(C2=NN(C(=O)[C@H](C)CC(=O)O)[C@H](c3ccco3)C2)cc1. The molecule has 0 aliphatic carbocycles. The Labute approximate surface area is 145 Å². The molecule has 1 amide bonds. The van der Waals surface area contributed by atoms with E-state index >= 15 is 0 Å². The number of furan rings is 1. The van der Waals surface area contributed by atoms with Gasteiger partial charge in [-0.1, -0.05) is 36.8 Å². The number of hydrazone groups is 1. The Morgan fingerprint density at radius 1 is 1.32 bits per heavy atom. The molecule has 0 radical (unpaired) electrons. The van der Waals surface area contributed by atoms with Crippen molar-refractivity contribution in [1.29, 1.82) is 0 Å². The predicted octanol–water partition coefficient (Wildman–Crippen LogP) is 3.38. The van der Waals surface area contributed by atoms with Gasteiger partial charge in [0.15, 0.2) is 0 Å². The minimum atomic E-state index is -1.00. The average Bonchev–Trinajstić information content (AvgIpc) is 3.23. The minimum absolute atomic E-state index is 0.227. The number of rotatable bonds is 5. The van der Waals surface area contributed by atoms with E-state index in [1.165, 1.54) is 5.01 Å². The fourth-order valence-electron chi connectivity index (χ4n) is 2.91. The average molecular weight is 340 g/mol. The van der Waals surface area contributed by atoms with Crippen LogP contribution >= 0.6 is 0 Å². The summed E-state index contributed by atoms with van der Waals surface area (Å²) < 4.78 is 5.48. The van der Waals surface area contributed by atoms with Crippen LogP contribution in [0.25, 0.3) is 0 Å². The van der Waals surface area contributed by atoms with Crippen molar-refractivity contribution >= 4 is 17.6 Å². The lowest BCUT2D eigenvalue weighted by molar-refractivity contribution is -0.145. The molecule has 25 heavy (non-hydrogen) atoms. The highest BCUT2D eigenvalue weighted by atomic mass is 16.4. The van der Waals surface area contributed by atoms with Gasteiger partial charge in [-0.2, -0.15) is 5.10 Å². The lowest BCUT2D eigenvalue weighted by atomic mass is 10.0. The fraction of sp³-hybridized carbons (Fsp3) is 0.316. The van der Waals surface area contributed by atoms with Gasteiger partial charge in [-0.25, -0.2) is 5.01 Å². The summed E-state index contributed by atoms with van der Waals surface area (Å²) in [6, 6.07) is 11.2. The first kappa shape index (κ1) is 17.0. The molecule has 6 heteroatoms. The lowest BCUT2D eigenvalue weighted by Gasteiger charge is -2.22. The smallest absolute Gasteiger partial charge is 0.304 e. The Morgan fingerprint density at radius 3 is 2.64 bits per heavy atom. The second-order valence-corrected chi connectivity index (χ2v) is 6.33. The molecular weight excluding hydrogens is 320 g/mol. The van der Waals surface area contributed by atoms with E-state index in [1.807, 2.05) is 31.2 Å². The van der Waals surface area contributed by atoms with Crippen LogP contribution in [0.3, 0.4) is 0 Å². The summed E-state index contributed by atoms with van der Waals surface area (Å²) in [6.07, 6.45) is 1.86. The number of benzene rings is 1. The quantitative estimate of drug-likeness (QED) is 0.904. The number of nitrogens with zero attached hydrogens (tertiary/aromatic N) is 2. The number of hydrogen-bond donors (Lipinski definition) is 1. The van der Waals surface area contributed by atoms with Gasteiger partial charge in [0.05, 0.1) is 18.4 Å². The summed E-state index contributed by atoms with van der Waals surface area (Å²) in [5.74, 6) is -1.33. The topological polar surface area (TPSA) is 83.1 Å². The summed E-state index contributed by atoms with van der Waals surface area (Å²) in [5.41, 5.74) is 2.88. The molecule has 0 saturated heterocycles. The van der Waals surface area contributed by atoms with E-state index in [1.54, 1.807) is 25.3 Å². The van der Waals surface area contributed by atoms with Crippen LogP contribution < -0.4 is 0 Å². The van der Waals surface area contributed by atoms with Gasteiger partial charge in [0.25, 0.3) is 0 Å². The molecule has 0 spiro atoms. The summed E-state index contributed by atoms with van der Waals surface area (Å²) in [5, 5.41) is 14.8. The van der Waals surface area contributed by atoms with Gasteiger partial charge in [-0.05, 0) is 24.6 Å². The van der Waals surface area contributed by atoms with Crippen molar-refractivity contribution in [2.45, 2.75) is 32.7 Å². The summed E-state index contributed by atoms with van der Waals surface area (Å²) in [7, 11) is 0. The maximum Gasteiger partial charge on any atom is 0.304 e. The molecule has 0 bridgehead atoms. The molecule has 1 aliphatic heterocycles. The number of carboxylic acid groups (broad SMARTS) is 1. The van der Waals surface area contributed by atoms with Crippen molar-refractivity contribution in [3.63, 3.8) is 0 Å². The number of amides is 1. The zero-order chi connectivity index (χ0) is 18.0. The molecule has 2 atom stereocenters. The van der Waals surface area contributed by atoms with Crippen LogP contribution in [0, 0.1) is 12.8 Å². The maximum absolute atomic E-state index is 12.7. The van der Waals surface area contributed by atoms with Crippen LogP contribution in [0.4, 0.5) is 0 Å². The van der Waals surface area contributed by atoms with Crippen LogP contribution in [0.1, 0.15) is 42.7 Å². The van der Waals surface area contributed by atoms with Crippen molar-refractivity contribution < 1.29 is 19.1 Å². The first-order valence-corrected chi connectivity index (χ1v) is 8.18. The normalized spacial score (nSPS) is 18.1. The Kier molecular flexibility index (Phi) is 4.70. The molecule has 1 N–H and O–H groups in total. The molecule has 1 aliphatic rings. The number of carboxylic acids is 1. The highest BCUT2D eigenvalue weighted by molar-refractivity contribution is 6.03. The molecule has 2 aromatic rings. The second-order valence-electron chi connectivity index (χ2n) is 6.33. The van der Waals surface area contributed by atoms with Crippen LogP contribution in [0.5, 0.6) is 0 Å². The Hall–Kier alpha value is -2.89. The van der Waals surface area contributed by atoms with Crippen molar-refractivity contribution in [2.75, 3.05) is 0 Å². The van der Waals surface area contributed by atoms with Gasteiger partial charge in [0, 0.05) is 12.3 Å². The van der Waals surface area contributed by atoms with Crippen molar-refractivity contribution in [2.24, 2.45) is 11.0 Å². The Morgan fingerprint density at radius 2 is 2.04 bits per heavy atom. The minimum Gasteiger partial charge on any atom is -0.481 e.